The van der Waals surface area contributed by atoms with Crippen molar-refractivity contribution in [1.82, 2.24) is 4.90 Å². The number of thioether (sulfide) groups is 2. The molecule has 5 rings (SSSR count). The van der Waals surface area contributed by atoms with Gasteiger partial charge in [-0.25, -0.2) is 0 Å². The van der Waals surface area contributed by atoms with E-state index in [2.05, 4.69) is 119 Å². The third-order valence-corrected chi connectivity index (χ3v) is 25.2. The fourth-order valence-electron chi connectivity index (χ4n) is 12.6. The van der Waals surface area contributed by atoms with Crippen LogP contribution in [0.25, 0.3) is 0 Å². The minimum atomic E-state index is -2.62. The summed E-state index contributed by atoms with van der Waals surface area (Å²) in [7, 11) is -0.236. The molecule has 0 amide bonds. The van der Waals surface area contributed by atoms with Crippen LogP contribution in [0, 0.1) is 11.8 Å². The Balaban J connectivity index is 1.09. The molecule has 2 aromatic rings. The van der Waals surface area contributed by atoms with Gasteiger partial charge in [0, 0.05) is 36.5 Å². The largest absolute Gasteiger partial charge is 0.461 e. The lowest BCUT2D eigenvalue weighted by atomic mass is 9.86. The number of carbonyl (C=O) groups excluding carboxylic acids is 2. The molecule has 0 aromatic heterocycles. The van der Waals surface area contributed by atoms with E-state index in [1.807, 2.05) is 11.8 Å². The predicted octanol–water partition coefficient (Wildman–Crippen LogP) is 17.8. The van der Waals surface area contributed by atoms with Gasteiger partial charge < -0.3 is 13.9 Å². The highest BCUT2D eigenvalue weighted by Gasteiger charge is 2.53. The first kappa shape index (κ1) is 64.0. The molecule has 3 aliphatic carbocycles. The van der Waals surface area contributed by atoms with Crippen LogP contribution in [0.15, 0.2) is 60.7 Å². The Morgan fingerprint density at radius 1 is 0.587 bits per heavy atom. The highest BCUT2D eigenvalue weighted by Crippen LogP contribution is 2.42. The first-order valence-corrected chi connectivity index (χ1v) is 35.7. The Morgan fingerprint density at radius 3 is 1.51 bits per heavy atom. The van der Waals surface area contributed by atoms with Crippen molar-refractivity contribution < 1.29 is 23.5 Å². The number of nitrogens with zero attached hydrogens (tertiary/aromatic N) is 1. The second-order valence-corrected chi connectivity index (χ2v) is 31.3. The molecule has 0 N–H and O–H groups in total. The molecular formula is C66H111NO5S2Si. The lowest BCUT2D eigenvalue weighted by Crippen LogP contribution is -2.69. The maximum atomic E-state index is 13.4. The van der Waals surface area contributed by atoms with E-state index in [4.69, 9.17) is 13.9 Å². The molecule has 3 fully saturated rings. The molecule has 0 spiro atoms. The number of hydrogen-bond donors (Lipinski definition) is 0. The van der Waals surface area contributed by atoms with E-state index in [-0.39, 0.29) is 35.3 Å². The quantitative estimate of drug-likeness (QED) is 0.0283. The molecule has 0 bridgehead atoms. The molecule has 3 aliphatic rings. The van der Waals surface area contributed by atoms with Crippen LogP contribution in [0.3, 0.4) is 0 Å². The first-order chi connectivity index (χ1) is 36.5. The second-order valence-electron chi connectivity index (χ2n) is 24.7. The summed E-state index contributed by atoms with van der Waals surface area (Å²) in [6.45, 7) is 11.7. The molecule has 6 nitrogen and oxygen atoms in total. The summed E-state index contributed by atoms with van der Waals surface area (Å²) in [5.41, 5.74) is 0. The van der Waals surface area contributed by atoms with Crippen LogP contribution in [-0.2, 0) is 23.5 Å². The number of unbranched alkanes of at least 4 members (excludes halogenated alkanes) is 13. The average molecular weight is 1090 g/mol. The molecule has 0 saturated heterocycles. The Kier molecular flexibility index (Phi) is 31.8. The van der Waals surface area contributed by atoms with Gasteiger partial charge in [0.1, 0.15) is 12.2 Å². The van der Waals surface area contributed by atoms with Crippen molar-refractivity contribution in [3.05, 3.63) is 60.7 Å². The van der Waals surface area contributed by atoms with Crippen LogP contribution in [-0.4, -0.2) is 79.2 Å². The molecule has 0 radical (unpaired) electrons. The molecule has 0 heterocycles. The molecule has 3 unspecified atom stereocenters. The van der Waals surface area contributed by atoms with Crippen molar-refractivity contribution in [3.8, 4) is 0 Å². The Bertz CT molecular complexity index is 1720. The molecule has 0 aliphatic heterocycles. The zero-order valence-electron chi connectivity index (χ0n) is 49.0. The lowest BCUT2D eigenvalue weighted by Gasteiger charge is -2.51. The third kappa shape index (κ3) is 23.8. The predicted molar refractivity (Wildman–Crippen MR) is 327 cm³/mol. The maximum Gasteiger partial charge on any atom is 0.306 e. The second kappa shape index (κ2) is 37.2. The van der Waals surface area contributed by atoms with Crippen molar-refractivity contribution in [2.45, 2.75) is 294 Å². The summed E-state index contributed by atoms with van der Waals surface area (Å²) in [5, 5.41) is 3.08. The maximum absolute atomic E-state index is 13.4. The van der Waals surface area contributed by atoms with Gasteiger partial charge in [-0.3, -0.25) is 14.5 Å². The highest BCUT2D eigenvalue weighted by atomic mass is 32.2. The van der Waals surface area contributed by atoms with E-state index in [0.717, 1.165) is 62.4 Å². The highest BCUT2D eigenvalue weighted by molar-refractivity contribution is 7.99. The number of ether oxygens (including phenoxy) is 2. The normalized spacial score (nSPS) is 19.1. The molecule has 9 heteroatoms. The molecule has 75 heavy (non-hydrogen) atoms. The van der Waals surface area contributed by atoms with Crippen molar-refractivity contribution in [2.24, 2.45) is 11.8 Å². The van der Waals surface area contributed by atoms with Crippen LogP contribution in [0.2, 0.25) is 5.04 Å². The van der Waals surface area contributed by atoms with Crippen LogP contribution >= 0.6 is 23.5 Å². The number of rotatable bonds is 40. The van der Waals surface area contributed by atoms with Gasteiger partial charge in [0.25, 0.3) is 8.32 Å². The summed E-state index contributed by atoms with van der Waals surface area (Å²) in [4.78, 5) is 29.0. The zero-order chi connectivity index (χ0) is 53.4. The number of hydrogen-bond acceptors (Lipinski definition) is 8. The topological polar surface area (TPSA) is 65.1 Å². The first-order valence-electron chi connectivity index (χ1n) is 31.6. The molecule has 426 valence electrons. The van der Waals surface area contributed by atoms with Gasteiger partial charge in [0.2, 0.25) is 0 Å². The van der Waals surface area contributed by atoms with Crippen LogP contribution < -0.4 is 10.4 Å². The van der Waals surface area contributed by atoms with Crippen molar-refractivity contribution in [1.29, 1.82) is 0 Å². The van der Waals surface area contributed by atoms with Gasteiger partial charge in [-0.1, -0.05) is 243 Å². The zero-order valence-corrected chi connectivity index (χ0v) is 51.6. The summed E-state index contributed by atoms with van der Waals surface area (Å²) >= 11 is 4.08. The van der Waals surface area contributed by atoms with Crippen molar-refractivity contribution >= 4 is 54.2 Å². The Morgan fingerprint density at radius 2 is 1.03 bits per heavy atom. The summed E-state index contributed by atoms with van der Waals surface area (Å²) in [5.74, 6) is 4.53. The van der Waals surface area contributed by atoms with Gasteiger partial charge in [-0.05, 0) is 104 Å². The average Bonchev–Trinajstić information content (AvgIpc) is 3.41. The summed E-state index contributed by atoms with van der Waals surface area (Å²) in [6, 6.07) is 22.8. The van der Waals surface area contributed by atoms with E-state index < -0.39 is 8.32 Å². The minimum Gasteiger partial charge on any atom is -0.461 e. The minimum absolute atomic E-state index is 0.0113. The molecule has 3 saturated carbocycles. The van der Waals surface area contributed by atoms with Crippen LogP contribution in [0.5, 0.6) is 0 Å². The van der Waals surface area contributed by atoms with Gasteiger partial charge in [0.05, 0.1) is 5.37 Å². The Hall–Kier alpha value is -1.78. The SMILES string of the molecule is CCCCCCC(CSCCCCCCCCCCC(SCC(CCCCCC)OC(=O)CCC1CCCCC1)N(C)C1CC(O[Si](c2ccccc2)(c2ccccc2)C(C)(C)C)C1)OC(=O)CCC1CCCCC1. The van der Waals surface area contributed by atoms with Crippen molar-refractivity contribution in [3.63, 3.8) is 0 Å². The molecule has 3 atom stereocenters. The van der Waals surface area contributed by atoms with Crippen molar-refractivity contribution in [2.75, 3.05) is 24.3 Å². The van der Waals surface area contributed by atoms with E-state index in [1.165, 1.54) is 183 Å². The van der Waals surface area contributed by atoms with Crippen LogP contribution in [0.1, 0.15) is 259 Å². The fourth-order valence-corrected chi connectivity index (χ4v) is 19.8. The fraction of sp³-hybridized carbons (Fsp3) is 0.788. The molecular weight excluding hydrogens is 979 g/mol. The number of benzene rings is 2. The third-order valence-electron chi connectivity index (χ3n) is 17.4. The van der Waals surface area contributed by atoms with E-state index in [0.29, 0.717) is 30.2 Å². The van der Waals surface area contributed by atoms with Crippen LogP contribution in [0.4, 0.5) is 0 Å². The van der Waals surface area contributed by atoms with Gasteiger partial charge in [0.15, 0.2) is 0 Å². The number of esters is 2. The Labute approximate surface area is 470 Å². The van der Waals surface area contributed by atoms with Gasteiger partial charge in [-0.15, -0.1) is 11.8 Å². The van der Waals surface area contributed by atoms with Gasteiger partial charge in [-0.2, -0.15) is 11.8 Å². The summed E-state index contributed by atoms with van der Waals surface area (Å²) in [6.07, 6.45) is 42.1. The lowest BCUT2D eigenvalue weighted by molar-refractivity contribution is -0.149. The monoisotopic (exact) mass is 1090 g/mol. The number of carbonyl (C=O) groups is 2. The summed E-state index contributed by atoms with van der Waals surface area (Å²) < 4.78 is 20.1. The van der Waals surface area contributed by atoms with E-state index in [9.17, 15) is 9.59 Å². The molecule has 2 aromatic carbocycles. The van der Waals surface area contributed by atoms with E-state index >= 15 is 0 Å². The standard InChI is InChI=1S/C66H111NO5S2Si/c1-7-9-11-27-39-58(70-64(68)48-46-55-35-23-19-24-36-55)53-73-50-34-18-16-14-13-15-17-33-45-63(74-54-59(40-28-12-10-8-2)71-65(69)49-47-56-37-25-20-26-38-56)67(6)57-51-60(52-57)72-75(66(3,4)5,61-41-29-21-30-42-61)62-43-31-22-32-44-62/h21-22,29-32,41-44,55-60,63H,7-20,23-28,33-40,45-54H2,1-6H3. The smallest absolute Gasteiger partial charge is 0.306 e. The van der Waals surface area contributed by atoms with E-state index in [1.54, 1.807) is 0 Å². The van der Waals surface area contributed by atoms with Gasteiger partial charge >= 0.3 is 11.9 Å².